The second kappa shape index (κ2) is 14.4. The highest BCUT2D eigenvalue weighted by molar-refractivity contribution is 5.77. The Bertz CT molecular complexity index is 191. The average Bonchev–Trinajstić information content (AvgIpc) is 2.38. The monoisotopic (exact) mass is 262 g/mol. The van der Waals surface area contributed by atoms with Crippen LogP contribution in [0.15, 0.2) is 0 Å². The van der Waals surface area contributed by atoms with Crippen LogP contribution in [-0.4, -0.2) is 65.7 Å². The lowest BCUT2D eigenvalue weighted by Crippen LogP contribution is -2.35. The average molecular weight is 262 g/mol. The fraction of sp³-hybridized carbons (Fsp3) is 0.917. The van der Waals surface area contributed by atoms with Crippen molar-refractivity contribution in [3.8, 4) is 0 Å². The summed E-state index contributed by atoms with van der Waals surface area (Å²) in [5, 5.41) is 5.80. The molecule has 0 aliphatic heterocycles. The number of carbonyl (C=O) groups is 1. The maximum atomic E-state index is 11.2. The zero-order valence-electron chi connectivity index (χ0n) is 11.5. The van der Waals surface area contributed by atoms with E-state index in [1.165, 1.54) is 0 Å². The molecular formula is C12H26N2O4. The minimum atomic E-state index is 0.0275. The summed E-state index contributed by atoms with van der Waals surface area (Å²) in [5.41, 5.74) is 0. The normalized spacial score (nSPS) is 10.6. The molecule has 6 nitrogen and oxygen atoms in total. The van der Waals surface area contributed by atoms with E-state index < -0.39 is 0 Å². The lowest BCUT2D eigenvalue weighted by Gasteiger charge is -2.07. The second-order valence-electron chi connectivity index (χ2n) is 3.74. The standard InChI is InChI=1S/C12H26N2O4/c1-3-4-14-12(15)11-13-5-6-17-9-10-18-8-7-16-2/h13H,3-11H2,1-2H3,(H,14,15). The topological polar surface area (TPSA) is 68.8 Å². The molecule has 0 aromatic rings. The van der Waals surface area contributed by atoms with Gasteiger partial charge in [-0.15, -0.1) is 0 Å². The SMILES string of the molecule is CCCNC(=O)CNCCOCCOCCOC. The van der Waals surface area contributed by atoms with Crippen LogP contribution < -0.4 is 10.6 Å². The molecule has 0 saturated heterocycles. The molecular weight excluding hydrogens is 236 g/mol. The lowest BCUT2D eigenvalue weighted by molar-refractivity contribution is -0.120. The summed E-state index contributed by atoms with van der Waals surface area (Å²) >= 11 is 0. The predicted octanol–water partition coefficient (Wildman–Crippen LogP) is -0.218. The van der Waals surface area contributed by atoms with Gasteiger partial charge in [-0.05, 0) is 6.42 Å². The summed E-state index contributed by atoms with van der Waals surface area (Å²) < 4.78 is 15.4. The fourth-order valence-corrected chi connectivity index (χ4v) is 1.14. The number of nitrogens with one attached hydrogen (secondary N) is 2. The Morgan fingerprint density at radius 1 is 1.00 bits per heavy atom. The van der Waals surface area contributed by atoms with Crippen molar-refractivity contribution in [1.29, 1.82) is 0 Å². The van der Waals surface area contributed by atoms with Crippen molar-refractivity contribution < 1.29 is 19.0 Å². The second-order valence-corrected chi connectivity index (χ2v) is 3.74. The minimum absolute atomic E-state index is 0.0275. The van der Waals surface area contributed by atoms with Gasteiger partial charge in [0.05, 0.1) is 39.6 Å². The van der Waals surface area contributed by atoms with Gasteiger partial charge in [0, 0.05) is 20.2 Å². The van der Waals surface area contributed by atoms with Crippen molar-refractivity contribution in [2.75, 3.05) is 59.8 Å². The molecule has 0 aromatic carbocycles. The highest BCUT2D eigenvalue weighted by Gasteiger charge is 1.98. The number of carbonyl (C=O) groups excluding carboxylic acids is 1. The minimum Gasteiger partial charge on any atom is -0.382 e. The third-order valence-electron chi connectivity index (χ3n) is 2.08. The first-order valence-corrected chi connectivity index (χ1v) is 6.43. The van der Waals surface area contributed by atoms with Crippen molar-refractivity contribution in [2.24, 2.45) is 0 Å². The number of amides is 1. The van der Waals surface area contributed by atoms with Crippen LogP contribution in [-0.2, 0) is 19.0 Å². The Balaban J connectivity index is 3.04. The Labute approximate surface area is 109 Å². The van der Waals surface area contributed by atoms with Crippen molar-refractivity contribution in [2.45, 2.75) is 13.3 Å². The molecule has 0 saturated carbocycles. The van der Waals surface area contributed by atoms with Crippen molar-refractivity contribution in [1.82, 2.24) is 10.6 Å². The quantitative estimate of drug-likeness (QED) is 0.449. The third-order valence-corrected chi connectivity index (χ3v) is 2.08. The van der Waals surface area contributed by atoms with Gasteiger partial charge >= 0.3 is 0 Å². The van der Waals surface area contributed by atoms with Crippen LogP contribution in [0.25, 0.3) is 0 Å². The van der Waals surface area contributed by atoms with Crippen LogP contribution in [0.2, 0.25) is 0 Å². The van der Waals surface area contributed by atoms with Gasteiger partial charge in [-0.25, -0.2) is 0 Å². The summed E-state index contributed by atoms with van der Waals surface area (Å²) in [7, 11) is 1.64. The molecule has 0 aliphatic carbocycles. The van der Waals surface area contributed by atoms with Gasteiger partial charge in [0.2, 0.25) is 5.91 Å². The van der Waals surface area contributed by atoms with E-state index in [2.05, 4.69) is 10.6 Å². The maximum Gasteiger partial charge on any atom is 0.233 e. The van der Waals surface area contributed by atoms with Gasteiger partial charge in [-0.3, -0.25) is 4.79 Å². The Morgan fingerprint density at radius 3 is 2.33 bits per heavy atom. The van der Waals surface area contributed by atoms with Crippen LogP contribution in [0.3, 0.4) is 0 Å². The van der Waals surface area contributed by atoms with E-state index in [-0.39, 0.29) is 5.91 Å². The lowest BCUT2D eigenvalue weighted by atomic mass is 10.4. The number of hydrogen-bond donors (Lipinski definition) is 2. The van der Waals surface area contributed by atoms with Crippen LogP contribution in [0.1, 0.15) is 13.3 Å². The molecule has 0 heterocycles. The van der Waals surface area contributed by atoms with E-state index in [0.717, 1.165) is 13.0 Å². The predicted molar refractivity (Wildman–Crippen MR) is 69.7 cm³/mol. The first-order chi connectivity index (χ1) is 8.81. The van der Waals surface area contributed by atoms with E-state index >= 15 is 0 Å². The first-order valence-electron chi connectivity index (χ1n) is 6.43. The fourth-order valence-electron chi connectivity index (χ4n) is 1.14. The van der Waals surface area contributed by atoms with Gasteiger partial charge in [-0.1, -0.05) is 6.92 Å². The Kier molecular flexibility index (Phi) is 13.8. The molecule has 0 bridgehead atoms. The van der Waals surface area contributed by atoms with E-state index in [4.69, 9.17) is 14.2 Å². The van der Waals surface area contributed by atoms with Gasteiger partial charge in [0.15, 0.2) is 0 Å². The first kappa shape index (κ1) is 17.3. The Hall–Kier alpha value is -0.690. The highest BCUT2D eigenvalue weighted by Crippen LogP contribution is 1.79. The van der Waals surface area contributed by atoms with Crippen LogP contribution in [0.4, 0.5) is 0 Å². The van der Waals surface area contributed by atoms with Gasteiger partial charge in [0.25, 0.3) is 0 Å². The smallest absolute Gasteiger partial charge is 0.233 e. The van der Waals surface area contributed by atoms with Gasteiger partial charge in [0.1, 0.15) is 0 Å². The molecule has 0 atom stereocenters. The third kappa shape index (κ3) is 13.4. The Morgan fingerprint density at radius 2 is 1.67 bits per heavy atom. The molecule has 0 aromatic heterocycles. The molecule has 0 aliphatic rings. The molecule has 108 valence electrons. The van der Waals surface area contributed by atoms with Crippen molar-refractivity contribution in [3.63, 3.8) is 0 Å². The molecule has 0 spiro atoms. The van der Waals surface area contributed by atoms with Gasteiger partial charge in [-0.2, -0.15) is 0 Å². The van der Waals surface area contributed by atoms with E-state index in [1.807, 2.05) is 6.92 Å². The molecule has 0 unspecified atom stereocenters. The molecule has 1 amide bonds. The van der Waals surface area contributed by atoms with E-state index in [0.29, 0.717) is 46.1 Å². The number of methoxy groups -OCH3 is 1. The zero-order valence-corrected chi connectivity index (χ0v) is 11.5. The molecule has 2 N–H and O–H groups in total. The van der Waals surface area contributed by atoms with Crippen LogP contribution >= 0.6 is 0 Å². The molecule has 18 heavy (non-hydrogen) atoms. The summed E-state index contributed by atoms with van der Waals surface area (Å²) in [5.74, 6) is 0.0275. The number of ether oxygens (including phenoxy) is 3. The molecule has 0 fully saturated rings. The molecule has 0 radical (unpaired) electrons. The van der Waals surface area contributed by atoms with Crippen molar-refractivity contribution >= 4 is 5.91 Å². The maximum absolute atomic E-state index is 11.2. The summed E-state index contributed by atoms with van der Waals surface area (Å²) in [4.78, 5) is 11.2. The molecule has 6 heteroatoms. The number of hydrogen-bond acceptors (Lipinski definition) is 5. The van der Waals surface area contributed by atoms with Crippen LogP contribution in [0.5, 0.6) is 0 Å². The largest absolute Gasteiger partial charge is 0.382 e. The summed E-state index contributed by atoms with van der Waals surface area (Å²) in [6.45, 7) is 6.67. The van der Waals surface area contributed by atoms with Crippen LogP contribution in [0, 0.1) is 0 Å². The highest BCUT2D eigenvalue weighted by atomic mass is 16.5. The van der Waals surface area contributed by atoms with E-state index in [9.17, 15) is 4.79 Å². The summed E-state index contributed by atoms with van der Waals surface area (Å²) in [6, 6.07) is 0. The van der Waals surface area contributed by atoms with E-state index in [1.54, 1.807) is 7.11 Å². The zero-order chi connectivity index (χ0) is 13.5. The molecule has 0 rings (SSSR count). The number of rotatable bonds is 13. The summed E-state index contributed by atoms with van der Waals surface area (Å²) in [6.07, 6.45) is 0.956. The van der Waals surface area contributed by atoms with Gasteiger partial charge < -0.3 is 24.8 Å². The van der Waals surface area contributed by atoms with Crippen molar-refractivity contribution in [3.05, 3.63) is 0 Å².